The minimum atomic E-state index is -3.29. The number of carboxylic acids is 1. The number of allylic oxidation sites excluding steroid dienone is 1. The summed E-state index contributed by atoms with van der Waals surface area (Å²) in [6.45, 7) is 0. The minimum absolute atomic E-state index is 0.122. The highest BCUT2D eigenvalue weighted by atomic mass is 32.2. The number of benzene rings is 1. The molecule has 1 aliphatic heterocycles. The van der Waals surface area contributed by atoms with E-state index in [0.29, 0.717) is 11.3 Å². The van der Waals surface area contributed by atoms with Crippen molar-refractivity contribution < 1.29 is 18.3 Å². The summed E-state index contributed by atoms with van der Waals surface area (Å²) in [5.74, 6) is -1.05. The highest BCUT2D eigenvalue weighted by molar-refractivity contribution is 7.97. The van der Waals surface area contributed by atoms with Gasteiger partial charge in [-0.25, -0.2) is 13.2 Å². The van der Waals surface area contributed by atoms with E-state index in [0.717, 1.165) is 10.8 Å². The molecule has 7 heteroatoms. The molecule has 0 atom stereocenters. The van der Waals surface area contributed by atoms with Crippen molar-refractivity contribution in [2.45, 2.75) is 0 Å². The molecular weight excluding hydrogens is 268 g/mol. The van der Waals surface area contributed by atoms with E-state index in [1.54, 1.807) is 18.2 Å². The number of nitrogens with one attached hydrogen (secondary N) is 1. The first-order chi connectivity index (χ1) is 8.98. The molecule has 0 unspecified atom stereocenters. The smallest absolute Gasteiger partial charge is 0.336 e. The average Bonchev–Trinajstić information content (AvgIpc) is 2.69. The summed E-state index contributed by atoms with van der Waals surface area (Å²) in [6.07, 6.45) is 2.69. The zero-order valence-corrected chi connectivity index (χ0v) is 10.5. The predicted octanol–water partition coefficient (Wildman–Crippen LogP) is 1.09. The Bertz CT molecular complexity index is 702. The first kappa shape index (κ1) is 13.0. The number of rotatable bonds is 4. The van der Waals surface area contributed by atoms with E-state index in [2.05, 4.69) is 10.5 Å². The number of hydrogen-bond acceptors (Lipinski definition) is 5. The van der Waals surface area contributed by atoms with E-state index in [4.69, 9.17) is 5.11 Å². The lowest BCUT2D eigenvalue weighted by Crippen LogP contribution is -2.05. The van der Waals surface area contributed by atoms with Gasteiger partial charge in [0.1, 0.15) is 0 Å². The minimum Gasteiger partial charge on any atom is -0.478 e. The number of nitrogens with zero attached hydrogens (tertiary/aromatic N) is 1. The molecule has 2 N–H and O–H groups in total. The molecule has 1 aromatic rings. The van der Waals surface area contributed by atoms with Gasteiger partial charge in [-0.3, -0.25) is 5.43 Å². The van der Waals surface area contributed by atoms with Crippen LogP contribution in [0.3, 0.4) is 0 Å². The van der Waals surface area contributed by atoms with Crippen LogP contribution in [0.25, 0.3) is 0 Å². The Kier molecular flexibility index (Phi) is 3.48. The maximum atomic E-state index is 11.1. The van der Waals surface area contributed by atoms with Gasteiger partial charge in [0.2, 0.25) is 0 Å². The molecule has 0 aliphatic carbocycles. The number of aromatic carboxylic acids is 1. The number of hydrogen-bond donors (Lipinski definition) is 2. The van der Waals surface area contributed by atoms with Crippen LogP contribution < -0.4 is 5.43 Å². The van der Waals surface area contributed by atoms with E-state index in [-0.39, 0.29) is 5.56 Å². The third-order valence-corrected chi connectivity index (χ3v) is 3.41. The van der Waals surface area contributed by atoms with Gasteiger partial charge in [-0.2, -0.15) is 5.10 Å². The van der Waals surface area contributed by atoms with Crippen LogP contribution in [0.2, 0.25) is 0 Å². The zero-order valence-electron chi connectivity index (χ0n) is 9.65. The van der Waals surface area contributed by atoms with Gasteiger partial charge in [0.25, 0.3) is 0 Å². The monoisotopic (exact) mass is 278 g/mol. The molecule has 19 heavy (non-hydrogen) atoms. The summed E-state index contributed by atoms with van der Waals surface area (Å²) in [5, 5.41) is 14.9. The van der Waals surface area contributed by atoms with Crippen LogP contribution >= 0.6 is 0 Å². The standard InChI is InChI=1S/C12H10N2O4S/c15-12(16)11-4-2-1-3-9(11)7-13-14-10-5-6-19(17,18)8-10/h1-8,14H,(H,15,16)/b13-7-. The van der Waals surface area contributed by atoms with Gasteiger partial charge in [-0.1, -0.05) is 18.2 Å². The van der Waals surface area contributed by atoms with Crippen LogP contribution in [0.15, 0.2) is 52.0 Å². The molecule has 0 saturated heterocycles. The van der Waals surface area contributed by atoms with Crippen LogP contribution in [-0.4, -0.2) is 25.7 Å². The Hall–Kier alpha value is -2.41. The van der Waals surface area contributed by atoms with Crippen molar-refractivity contribution in [3.63, 3.8) is 0 Å². The molecule has 0 bridgehead atoms. The summed E-state index contributed by atoms with van der Waals surface area (Å²) >= 11 is 0. The van der Waals surface area contributed by atoms with Crippen molar-refractivity contribution in [3.8, 4) is 0 Å². The maximum Gasteiger partial charge on any atom is 0.336 e. The fourth-order valence-corrected chi connectivity index (χ4v) is 2.37. The van der Waals surface area contributed by atoms with Crippen LogP contribution in [0, 0.1) is 0 Å². The normalized spacial score (nSPS) is 16.5. The fourth-order valence-electron chi connectivity index (χ4n) is 1.47. The van der Waals surface area contributed by atoms with Gasteiger partial charge in [0.15, 0.2) is 9.84 Å². The molecule has 1 aromatic carbocycles. The molecule has 0 aromatic heterocycles. The Morgan fingerprint density at radius 1 is 1.32 bits per heavy atom. The molecule has 6 nitrogen and oxygen atoms in total. The first-order valence-corrected chi connectivity index (χ1v) is 6.85. The van der Waals surface area contributed by atoms with E-state index < -0.39 is 15.8 Å². The lowest BCUT2D eigenvalue weighted by molar-refractivity contribution is 0.0696. The van der Waals surface area contributed by atoms with Crippen LogP contribution in [0.5, 0.6) is 0 Å². The summed E-state index contributed by atoms with van der Waals surface area (Å²) in [7, 11) is -3.29. The molecule has 1 heterocycles. The molecule has 98 valence electrons. The topological polar surface area (TPSA) is 95.8 Å². The van der Waals surface area contributed by atoms with Crippen LogP contribution in [0.1, 0.15) is 15.9 Å². The molecule has 0 amide bonds. The van der Waals surface area contributed by atoms with Crippen molar-refractivity contribution >= 4 is 22.0 Å². The van der Waals surface area contributed by atoms with E-state index in [1.165, 1.54) is 18.4 Å². The largest absolute Gasteiger partial charge is 0.478 e. The highest BCUT2D eigenvalue weighted by Crippen LogP contribution is 2.10. The Balaban J connectivity index is 2.13. The van der Waals surface area contributed by atoms with Gasteiger partial charge >= 0.3 is 5.97 Å². The molecule has 0 radical (unpaired) electrons. The quantitative estimate of drug-likeness (QED) is 0.635. The van der Waals surface area contributed by atoms with Gasteiger partial charge in [-0.05, 0) is 12.1 Å². The third-order valence-electron chi connectivity index (χ3n) is 2.32. The predicted molar refractivity (Wildman–Crippen MR) is 70.3 cm³/mol. The second-order valence-corrected chi connectivity index (χ2v) is 5.41. The average molecular weight is 278 g/mol. The molecule has 0 fully saturated rings. The third kappa shape index (κ3) is 3.29. The van der Waals surface area contributed by atoms with E-state index >= 15 is 0 Å². The van der Waals surface area contributed by atoms with Gasteiger partial charge < -0.3 is 5.11 Å². The maximum absolute atomic E-state index is 11.1. The van der Waals surface area contributed by atoms with Gasteiger partial charge in [0.05, 0.1) is 22.9 Å². The number of carbonyl (C=O) groups is 1. The lowest BCUT2D eigenvalue weighted by Gasteiger charge is -2.00. The van der Waals surface area contributed by atoms with Crippen LogP contribution in [-0.2, 0) is 9.84 Å². The molecule has 1 aliphatic rings. The van der Waals surface area contributed by atoms with Crippen molar-refractivity contribution in [1.29, 1.82) is 0 Å². The first-order valence-electron chi connectivity index (χ1n) is 5.24. The van der Waals surface area contributed by atoms with E-state index in [1.807, 2.05) is 0 Å². The van der Waals surface area contributed by atoms with Crippen molar-refractivity contribution in [3.05, 3.63) is 58.0 Å². The molecular formula is C12H10N2O4S. The molecule has 0 spiro atoms. The van der Waals surface area contributed by atoms with Crippen molar-refractivity contribution in [2.24, 2.45) is 5.10 Å². The molecule has 2 rings (SSSR count). The van der Waals surface area contributed by atoms with Crippen molar-refractivity contribution in [2.75, 3.05) is 0 Å². The SMILES string of the molecule is O=C(O)c1ccccc1/C=N\NC1=CS(=O)(=O)C=C1. The highest BCUT2D eigenvalue weighted by Gasteiger charge is 2.10. The second-order valence-electron chi connectivity index (χ2n) is 3.73. The summed E-state index contributed by atoms with van der Waals surface area (Å²) in [6, 6.07) is 6.36. The lowest BCUT2D eigenvalue weighted by atomic mass is 10.1. The number of hydrazone groups is 1. The Morgan fingerprint density at radius 3 is 2.68 bits per heavy atom. The fraction of sp³-hybridized carbons (Fsp3) is 0. The summed E-state index contributed by atoms with van der Waals surface area (Å²) in [5.41, 5.74) is 3.39. The van der Waals surface area contributed by atoms with Crippen LogP contribution in [0.4, 0.5) is 0 Å². The Morgan fingerprint density at radius 2 is 2.05 bits per heavy atom. The van der Waals surface area contributed by atoms with Gasteiger partial charge in [0, 0.05) is 11.0 Å². The Labute approximate surface area is 109 Å². The van der Waals surface area contributed by atoms with Crippen molar-refractivity contribution in [1.82, 2.24) is 5.43 Å². The zero-order chi connectivity index (χ0) is 13.9. The molecule has 0 saturated carbocycles. The number of carboxylic acid groups (broad SMARTS) is 1. The second kappa shape index (κ2) is 5.07. The number of sulfone groups is 1. The van der Waals surface area contributed by atoms with E-state index in [9.17, 15) is 13.2 Å². The summed E-state index contributed by atoms with van der Waals surface area (Å²) in [4.78, 5) is 10.9. The summed E-state index contributed by atoms with van der Waals surface area (Å²) < 4.78 is 22.2. The van der Waals surface area contributed by atoms with Gasteiger partial charge in [-0.15, -0.1) is 0 Å².